The number of carbonyl (C=O) groups excluding carboxylic acids is 3. The second-order valence-electron chi connectivity index (χ2n) is 6.18. The molecule has 1 aromatic carbocycles. The number of nitrogens with two attached hydrogens (primary N) is 1. The molecule has 1 aromatic rings. The molecule has 0 bridgehead atoms. The highest BCUT2D eigenvalue weighted by molar-refractivity contribution is 5.92. The van der Waals surface area contributed by atoms with Gasteiger partial charge in [0.25, 0.3) is 0 Å². The number of hydrogen-bond donors (Lipinski definition) is 3. The van der Waals surface area contributed by atoms with Crippen LogP contribution in [0.2, 0.25) is 0 Å². The Labute approximate surface area is 141 Å². The molecule has 0 radical (unpaired) electrons. The van der Waals surface area contributed by atoms with E-state index in [-0.39, 0.29) is 30.2 Å². The quantitative estimate of drug-likeness (QED) is 0.693. The number of nitrogens with zero attached hydrogens (tertiary/aromatic N) is 1. The highest BCUT2D eigenvalue weighted by Crippen LogP contribution is 2.23. The van der Waals surface area contributed by atoms with E-state index < -0.39 is 12.1 Å². The first-order chi connectivity index (χ1) is 11.4. The van der Waals surface area contributed by atoms with Gasteiger partial charge in [0, 0.05) is 13.1 Å². The summed E-state index contributed by atoms with van der Waals surface area (Å²) in [7, 11) is 0. The van der Waals surface area contributed by atoms with Crippen LogP contribution in [0.5, 0.6) is 0 Å². The van der Waals surface area contributed by atoms with Crippen molar-refractivity contribution in [1.29, 1.82) is 0 Å². The summed E-state index contributed by atoms with van der Waals surface area (Å²) in [4.78, 5) is 38.1. The van der Waals surface area contributed by atoms with E-state index in [1.54, 1.807) is 0 Å². The molecule has 0 saturated carbocycles. The van der Waals surface area contributed by atoms with Crippen molar-refractivity contribution in [2.75, 3.05) is 19.6 Å². The topological polar surface area (TPSA) is 105 Å². The molecule has 24 heavy (non-hydrogen) atoms. The number of amides is 3. The fourth-order valence-electron chi connectivity index (χ4n) is 2.59. The second-order valence-corrected chi connectivity index (χ2v) is 6.18. The van der Waals surface area contributed by atoms with Crippen LogP contribution in [0, 0.1) is 5.92 Å². The molecule has 3 amide bonds. The van der Waals surface area contributed by atoms with Gasteiger partial charge < -0.3 is 21.3 Å². The van der Waals surface area contributed by atoms with Crippen molar-refractivity contribution in [3.8, 4) is 0 Å². The maximum atomic E-state index is 12.5. The molecule has 0 aromatic heterocycles. The lowest BCUT2D eigenvalue weighted by Gasteiger charge is -2.35. The summed E-state index contributed by atoms with van der Waals surface area (Å²) in [5.41, 5.74) is 6.51. The largest absolute Gasteiger partial charge is 0.352 e. The minimum Gasteiger partial charge on any atom is -0.352 e. The molecule has 4 N–H and O–H groups in total. The zero-order valence-electron chi connectivity index (χ0n) is 14.0. The van der Waals surface area contributed by atoms with E-state index in [1.165, 1.54) is 4.90 Å². The number of benzene rings is 1. The van der Waals surface area contributed by atoms with E-state index in [0.717, 1.165) is 5.56 Å². The summed E-state index contributed by atoms with van der Waals surface area (Å²) in [6.07, 6.45) is 0. The lowest BCUT2D eigenvalue weighted by Crippen LogP contribution is -2.55. The van der Waals surface area contributed by atoms with E-state index in [4.69, 9.17) is 5.73 Å². The third-order valence-electron chi connectivity index (χ3n) is 4.08. The van der Waals surface area contributed by atoms with Crippen LogP contribution in [0.4, 0.5) is 0 Å². The average molecular weight is 332 g/mol. The molecule has 1 unspecified atom stereocenters. The Kier molecular flexibility index (Phi) is 5.92. The van der Waals surface area contributed by atoms with Gasteiger partial charge >= 0.3 is 0 Å². The minimum atomic E-state index is -0.678. The summed E-state index contributed by atoms with van der Waals surface area (Å²) in [6.45, 7) is 4.30. The number of rotatable bonds is 5. The molecule has 1 saturated heterocycles. The van der Waals surface area contributed by atoms with Gasteiger partial charge in [-0.3, -0.25) is 14.4 Å². The van der Waals surface area contributed by atoms with Crippen LogP contribution in [-0.4, -0.2) is 48.3 Å². The highest BCUT2D eigenvalue weighted by atomic mass is 16.2. The Balaban J connectivity index is 2.06. The average Bonchev–Trinajstić information content (AvgIpc) is 2.59. The molecule has 0 spiro atoms. The second kappa shape index (κ2) is 7.92. The molecule has 2 atom stereocenters. The van der Waals surface area contributed by atoms with Gasteiger partial charge in [-0.15, -0.1) is 0 Å². The van der Waals surface area contributed by atoms with Crippen molar-refractivity contribution >= 4 is 17.7 Å². The van der Waals surface area contributed by atoms with Crippen LogP contribution in [0.15, 0.2) is 30.3 Å². The Morgan fingerprint density at radius 3 is 2.62 bits per heavy atom. The van der Waals surface area contributed by atoms with Gasteiger partial charge in [0.1, 0.15) is 6.04 Å². The minimum absolute atomic E-state index is 0.0158. The molecule has 7 heteroatoms. The third kappa shape index (κ3) is 4.11. The molecule has 1 fully saturated rings. The summed E-state index contributed by atoms with van der Waals surface area (Å²) < 4.78 is 0. The third-order valence-corrected chi connectivity index (χ3v) is 4.08. The van der Waals surface area contributed by atoms with Crippen molar-refractivity contribution in [2.45, 2.75) is 25.9 Å². The van der Waals surface area contributed by atoms with Crippen molar-refractivity contribution in [1.82, 2.24) is 15.5 Å². The summed E-state index contributed by atoms with van der Waals surface area (Å²) >= 11 is 0. The first-order valence-electron chi connectivity index (χ1n) is 8.07. The molecule has 130 valence electrons. The van der Waals surface area contributed by atoms with Crippen LogP contribution in [0.1, 0.15) is 25.5 Å². The van der Waals surface area contributed by atoms with E-state index >= 15 is 0 Å². The SMILES string of the molecule is CC(C)[C@H](N)C(=O)NCC(=O)N1CCNC(=O)C1c1ccccc1. The first kappa shape index (κ1) is 17.9. The molecule has 2 rings (SSSR count). The van der Waals surface area contributed by atoms with Crippen LogP contribution < -0.4 is 16.4 Å². The fraction of sp³-hybridized carbons (Fsp3) is 0.471. The standard InChI is InChI=1S/C17H24N4O3/c1-11(2)14(18)16(23)20-10-13(22)21-9-8-19-17(24)15(21)12-6-4-3-5-7-12/h3-7,11,14-15H,8-10,18H2,1-2H3,(H,19,24)(H,20,23)/t14-,15?/m0/s1. The number of carbonyl (C=O) groups is 3. The summed E-state index contributed by atoms with van der Waals surface area (Å²) in [5, 5.41) is 5.33. The zero-order chi connectivity index (χ0) is 17.7. The molecule has 1 aliphatic heterocycles. The van der Waals surface area contributed by atoms with Crippen molar-refractivity contribution in [2.24, 2.45) is 11.7 Å². The van der Waals surface area contributed by atoms with E-state index in [0.29, 0.717) is 13.1 Å². The number of hydrogen-bond acceptors (Lipinski definition) is 4. The normalized spacial score (nSPS) is 18.9. The molecule has 1 aliphatic rings. The van der Waals surface area contributed by atoms with Gasteiger partial charge in [0.2, 0.25) is 17.7 Å². The number of nitrogens with one attached hydrogen (secondary N) is 2. The van der Waals surface area contributed by atoms with Crippen LogP contribution in [0.25, 0.3) is 0 Å². The maximum absolute atomic E-state index is 12.5. The van der Waals surface area contributed by atoms with E-state index in [1.807, 2.05) is 44.2 Å². The van der Waals surface area contributed by atoms with Crippen LogP contribution >= 0.6 is 0 Å². The van der Waals surface area contributed by atoms with Gasteiger partial charge in [0.05, 0.1) is 12.6 Å². The van der Waals surface area contributed by atoms with Gasteiger partial charge in [-0.1, -0.05) is 44.2 Å². The van der Waals surface area contributed by atoms with E-state index in [2.05, 4.69) is 10.6 Å². The van der Waals surface area contributed by atoms with Gasteiger partial charge in [-0.2, -0.15) is 0 Å². The molecule has 0 aliphatic carbocycles. The summed E-state index contributed by atoms with van der Waals surface area (Å²) in [5.74, 6) is -0.900. The van der Waals surface area contributed by atoms with E-state index in [9.17, 15) is 14.4 Å². The fourth-order valence-corrected chi connectivity index (χ4v) is 2.59. The van der Waals surface area contributed by atoms with Gasteiger partial charge in [0.15, 0.2) is 0 Å². The highest BCUT2D eigenvalue weighted by Gasteiger charge is 2.34. The van der Waals surface area contributed by atoms with Crippen molar-refractivity contribution in [3.05, 3.63) is 35.9 Å². The van der Waals surface area contributed by atoms with Crippen molar-refractivity contribution in [3.63, 3.8) is 0 Å². The lowest BCUT2D eigenvalue weighted by atomic mass is 10.0. The number of piperazine rings is 1. The van der Waals surface area contributed by atoms with Crippen LogP contribution in [0.3, 0.4) is 0 Å². The first-order valence-corrected chi connectivity index (χ1v) is 8.07. The predicted octanol–water partition coefficient (Wildman–Crippen LogP) is -0.214. The maximum Gasteiger partial charge on any atom is 0.247 e. The molecule has 7 nitrogen and oxygen atoms in total. The lowest BCUT2D eigenvalue weighted by molar-refractivity contribution is -0.143. The zero-order valence-corrected chi connectivity index (χ0v) is 14.0. The Morgan fingerprint density at radius 1 is 1.33 bits per heavy atom. The van der Waals surface area contributed by atoms with Crippen LogP contribution in [-0.2, 0) is 14.4 Å². The van der Waals surface area contributed by atoms with Crippen molar-refractivity contribution < 1.29 is 14.4 Å². The Hall–Kier alpha value is -2.41. The smallest absolute Gasteiger partial charge is 0.247 e. The molecular formula is C17H24N4O3. The Morgan fingerprint density at radius 2 is 2.00 bits per heavy atom. The monoisotopic (exact) mass is 332 g/mol. The summed E-state index contributed by atoms with van der Waals surface area (Å²) in [6, 6.07) is 7.78. The Bertz CT molecular complexity index is 603. The molecule has 1 heterocycles. The predicted molar refractivity (Wildman–Crippen MR) is 89.7 cm³/mol. The van der Waals surface area contributed by atoms with Gasteiger partial charge in [-0.05, 0) is 11.5 Å². The molecular weight excluding hydrogens is 308 g/mol. The van der Waals surface area contributed by atoms with Gasteiger partial charge in [-0.25, -0.2) is 0 Å².